The van der Waals surface area contributed by atoms with Crippen LogP contribution in [-0.4, -0.2) is 25.2 Å². The van der Waals surface area contributed by atoms with Crippen molar-refractivity contribution in [1.82, 2.24) is 5.32 Å². The molecule has 6 heteroatoms. The third-order valence-electron chi connectivity index (χ3n) is 1.81. The Balaban J connectivity index is 3.06. The van der Waals surface area contributed by atoms with E-state index in [-0.39, 0.29) is 10.6 Å². The first-order valence-electron chi connectivity index (χ1n) is 4.09. The zero-order valence-corrected chi connectivity index (χ0v) is 8.62. The van der Waals surface area contributed by atoms with Crippen molar-refractivity contribution in [1.29, 1.82) is 0 Å². The fourth-order valence-corrected chi connectivity index (χ4v) is 1.75. The maximum atomic E-state index is 11.0. The van der Waals surface area contributed by atoms with Crippen LogP contribution in [0.2, 0.25) is 0 Å². The zero-order valence-electron chi connectivity index (χ0n) is 7.80. The summed E-state index contributed by atoms with van der Waals surface area (Å²) in [7, 11) is -2.46. The average molecular weight is 226 g/mol. The first-order valence-corrected chi connectivity index (χ1v) is 5.17. The standard InChI is InChI=1S/C9H10N2O3S/c1-2-8(12)11-7-5-3-4-6(10)9(7)15(13)14/h2-5,7H,1,10H2,(H,11,12). The largest absolute Gasteiger partial charge is 0.398 e. The van der Waals surface area contributed by atoms with Crippen molar-refractivity contribution in [2.24, 2.45) is 5.73 Å². The van der Waals surface area contributed by atoms with Crippen LogP contribution in [0.4, 0.5) is 0 Å². The van der Waals surface area contributed by atoms with E-state index in [1.165, 1.54) is 12.2 Å². The van der Waals surface area contributed by atoms with Gasteiger partial charge in [-0.3, -0.25) is 4.79 Å². The maximum absolute atomic E-state index is 11.0. The highest BCUT2D eigenvalue weighted by Gasteiger charge is 2.20. The molecule has 0 aromatic carbocycles. The fraction of sp³-hybridized carbons (Fsp3) is 0.111. The molecule has 1 rings (SSSR count). The van der Waals surface area contributed by atoms with E-state index in [4.69, 9.17) is 5.73 Å². The molecule has 0 aromatic rings. The minimum atomic E-state index is -2.46. The van der Waals surface area contributed by atoms with Gasteiger partial charge in [-0.1, -0.05) is 18.7 Å². The molecule has 0 spiro atoms. The van der Waals surface area contributed by atoms with Crippen molar-refractivity contribution in [3.05, 3.63) is 36.6 Å². The third kappa shape index (κ3) is 2.57. The van der Waals surface area contributed by atoms with E-state index in [1.807, 2.05) is 0 Å². The van der Waals surface area contributed by atoms with E-state index in [2.05, 4.69) is 11.9 Å². The lowest BCUT2D eigenvalue weighted by molar-refractivity contribution is -0.116. The Kier molecular flexibility index (Phi) is 3.46. The zero-order chi connectivity index (χ0) is 11.4. The molecule has 0 saturated heterocycles. The minimum absolute atomic E-state index is 0.0345. The molecule has 0 bridgehead atoms. The molecule has 80 valence electrons. The van der Waals surface area contributed by atoms with Crippen LogP contribution in [0.1, 0.15) is 0 Å². The van der Waals surface area contributed by atoms with Crippen LogP contribution in [-0.2, 0) is 15.1 Å². The van der Waals surface area contributed by atoms with E-state index in [0.717, 1.165) is 6.08 Å². The van der Waals surface area contributed by atoms with Gasteiger partial charge in [-0.15, -0.1) is 0 Å². The van der Waals surface area contributed by atoms with E-state index in [1.54, 1.807) is 6.08 Å². The van der Waals surface area contributed by atoms with Gasteiger partial charge in [0, 0.05) is 0 Å². The lowest BCUT2D eigenvalue weighted by Crippen LogP contribution is -2.42. The number of hydrogen-bond acceptors (Lipinski definition) is 4. The molecule has 1 aliphatic carbocycles. The molecular formula is C9H10N2O3S. The molecule has 15 heavy (non-hydrogen) atoms. The first-order chi connectivity index (χ1) is 7.06. The van der Waals surface area contributed by atoms with Crippen LogP contribution in [0.3, 0.4) is 0 Å². The van der Waals surface area contributed by atoms with Gasteiger partial charge in [0.05, 0.1) is 11.7 Å². The summed E-state index contributed by atoms with van der Waals surface area (Å²) in [4.78, 5) is 11.0. The van der Waals surface area contributed by atoms with Crippen LogP contribution >= 0.6 is 0 Å². The van der Waals surface area contributed by atoms with Crippen molar-refractivity contribution < 1.29 is 13.2 Å². The number of amides is 1. The molecular weight excluding hydrogens is 216 g/mol. The number of allylic oxidation sites excluding steroid dienone is 2. The Morgan fingerprint density at radius 2 is 2.27 bits per heavy atom. The Labute approximate surface area is 88.5 Å². The lowest BCUT2D eigenvalue weighted by Gasteiger charge is -2.17. The molecule has 0 radical (unpaired) electrons. The highest BCUT2D eigenvalue weighted by molar-refractivity contribution is 7.73. The Hall–Kier alpha value is -1.82. The van der Waals surface area contributed by atoms with Gasteiger partial charge in [-0.25, -0.2) is 0 Å². The quantitative estimate of drug-likeness (QED) is 0.472. The summed E-state index contributed by atoms with van der Waals surface area (Å²) in [6.07, 6.45) is 5.64. The van der Waals surface area contributed by atoms with Crippen LogP contribution in [0.5, 0.6) is 0 Å². The average Bonchev–Trinajstić information content (AvgIpc) is 2.17. The summed E-state index contributed by atoms with van der Waals surface area (Å²) in [5, 5.41) is 2.44. The molecule has 0 saturated carbocycles. The van der Waals surface area contributed by atoms with E-state index < -0.39 is 22.2 Å². The van der Waals surface area contributed by atoms with Crippen LogP contribution in [0, 0.1) is 0 Å². The van der Waals surface area contributed by atoms with Crippen molar-refractivity contribution in [3.8, 4) is 0 Å². The second-order valence-electron chi connectivity index (χ2n) is 2.80. The van der Waals surface area contributed by atoms with Crippen molar-refractivity contribution in [3.63, 3.8) is 0 Å². The van der Waals surface area contributed by atoms with Gasteiger partial charge in [-0.2, -0.15) is 8.42 Å². The number of carbonyl (C=O) groups excluding carboxylic acids is 1. The number of carbonyl (C=O) groups is 1. The van der Waals surface area contributed by atoms with Crippen LogP contribution in [0.25, 0.3) is 0 Å². The summed E-state index contributed by atoms with van der Waals surface area (Å²) in [6, 6.07) is -0.723. The second-order valence-corrected chi connectivity index (χ2v) is 3.71. The summed E-state index contributed by atoms with van der Waals surface area (Å²) >= 11 is 0. The molecule has 0 heterocycles. The van der Waals surface area contributed by atoms with E-state index >= 15 is 0 Å². The molecule has 1 atom stereocenters. The number of nitrogens with two attached hydrogens (primary N) is 1. The van der Waals surface area contributed by atoms with Crippen LogP contribution < -0.4 is 11.1 Å². The predicted octanol–water partition coefficient (Wildman–Crippen LogP) is -0.879. The summed E-state index contributed by atoms with van der Waals surface area (Å²) in [6.45, 7) is 3.27. The fourth-order valence-electron chi connectivity index (χ4n) is 1.15. The highest BCUT2D eigenvalue weighted by Crippen LogP contribution is 2.04. The smallest absolute Gasteiger partial charge is 0.244 e. The predicted molar refractivity (Wildman–Crippen MR) is 57.5 cm³/mol. The molecule has 3 N–H and O–H groups in total. The van der Waals surface area contributed by atoms with Crippen molar-refractivity contribution >= 4 is 21.1 Å². The Morgan fingerprint density at radius 1 is 1.60 bits per heavy atom. The summed E-state index contributed by atoms with van der Waals surface area (Å²) < 4.78 is 21.8. The van der Waals surface area contributed by atoms with Gasteiger partial charge in [0.15, 0.2) is 0 Å². The van der Waals surface area contributed by atoms with Gasteiger partial charge in [0.2, 0.25) is 16.2 Å². The molecule has 5 nitrogen and oxygen atoms in total. The Morgan fingerprint density at radius 3 is 2.80 bits per heavy atom. The number of hydrogen-bond donors (Lipinski definition) is 2. The first kappa shape index (κ1) is 11.3. The SMILES string of the molecule is C=CC(=O)NC1C=CC=C(N)C1=S(=O)=O. The molecule has 0 aromatic heterocycles. The topological polar surface area (TPSA) is 89.3 Å². The van der Waals surface area contributed by atoms with Gasteiger partial charge in [-0.05, 0) is 12.2 Å². The molecule has 1 unspecified atom stereocenters. The number of nitrogens with one attached hydrogen (secondary N) is 1. The monoisotopic (exact) mass is 226 g/mol. The van der Waals surface area contributed by atoms with Crippen molar-refractivity contribution in [2.75, 3.05) is 0 Å². The van der Waals surface area contributed by atoms with Crippen LogP contribution in [0.15, 0.2) is 36.6 Å². The van der Waals surface area contributed by atoms with Gasteiger partial charge >= 0.3 is 0 Å². The van der Waals surface area contributed by atoms with Gasteiger partial charge in [0.1, 0.15) is 4.86 Å². The third-order valence-corrected chi connectivity index (χ3v) is 2.66. The maximum Gasteiger partial charge on any atom is 0.244 e. The lowest BCUT2D eigenvalue weighted by atomic mass is 10.1. The molecule has 1 amide bonds. The second kappa shape index (κ2) is 4.61. The minimum Gasteiger partial charge on any atom is -0.398 e. The molecule has 0 fully saturated rings. The highest BCUT2D eigenvalue weighted by atomic mass is 32.2. The molecule has 1 aliphatic rings. The van der Waals surface area contributed by atoms with E-state index in [0.29, 0.717) is 0 Å². The van der Waals surface area contributed by atoms with Gasteiger partial charge < -0.3 is 11.1 Å². The molecule has 0 aliphatic heterocycles. The van der Waals surface area contributed by atoms with Gasteiger partial charge in [0.25, 0.3) is 0 Å². The normalized spacial score (nSPS) is 19.3. The summed E-state index contributed by atoms with van der Waals surface area (Å²) in [5.41, 5.74) is 5.62. The number of rotatable bonds is 2. The van der Waals surface area contributed by atoms with E-state index in [9.17, 15) is 13.2 Å². The summed E-state index contributed by atoms with van der Waals surface area (Å²) in [5.74, 6) is -0.456. The Bertz CT molecular complexity index is 477. The van der Waals surface area contributed by atoms with Crippen molar-refractivity contribution in [2.45, 2.75) is 6.04 Å².